The highest BCUT2D eigenvalue weighted by Gasteiger charge is 2.31. The number of ketones is 1. The summed E-state index contributed by atoms with van der Waals surface area (Å²) in [5.41, 5.74) is 5.72. The van der Waals surface area contributed by atoms with Gasteiger partial charge in [-0.25, -0.2) is 0 Å². The molecule has 0 radical (unpaired) electrons. The maximum absolute atomic E-state index is 12.8. The van der Waals surface area contributed by atoms with Crippen molar-refractivity contribution in [2.24, 2.45) is 0 Å². The smallest absolute Gasteiger partial charge is 0.396 e. The van der Waals surface area contributed by atoms with E-state index < -0.39 is 17.5 Å². The Kier molecular flexibility index (Phi) is 3.56. The van der Waals surface area contributed by atoms with Gasteiger partial charge in [-0.15, -0.1) is 0 Å². The van der Waals surface area contributed by atoms with Crippen molar-refractivity contribution >= 4 is 34.0 Å². The van der Waals surface area contributed by atoms with Crippen LogP contribution in [0, 0.1) is 0 Å². The van der Waals surface area contributed by atoms with Crippen LogP contribution in [0.15, 0.2) is 42.5 Å². The Morgan fingerprint density at radius 3 is 2.57 bits per heavy atom. The van der Waals surface area contributed by atoms with Crippen molar-refractivity contribution in [1.29, 1.82) is 0 Å². The van der Waals surface area contributed by atoms with Crippen LogP contribution in [0.1, 0.15) is 21.6 Å². The molecule has 0 aliphatic carbocycles. The predicted octanol–water partition coefficient (Wildman–Crippen LogP) is 4.65. The average Bonchev–Trinajstić information content (AvgIpc) is 2.82. The lowest BCUT2D eigenvalue weighted by Gasteiger charge is -2.08. The van der Waals surface area contributed by atoms with Gasteiger partial charge in [0.1, 0.15) is 5.69 Å². The number of carbonyl (C=O) groups is 1. The fourth-order valence-electron chi connectivity index (χ4n) is 2.35. The summed E-state index contributed by atoms with van der Waals surface area (Å²) < 4.78 is 38.3. The molecular formula is C16H10ClF3N2O. The van der Waals surface area contributed by atoms with E-state index >= 15 is 0 Å². The van der Waals surface area contributed by atoms with E-state index in [4.69, 9.17) is 17.3 Å². The maximum atomic E-state index is 12.8. The van der Waals surface area contributed by atoms with Crippen molar-refractivity contribution in [2.45, 2.75) is 6.18 Å². The van der Waals surface area contributed by atoms with Crippen LogP contribution in [0.4, 0.5) is 18.9 Å². The molecule has 0 aliphatic heterocycles. The minimum absolute atomic E-state index is 0.0431. The first kappa shape index (κ1) is 15.4. The molecule has 7 heteroatoms. The SMILES string of the molecule is Nc1c(C(=O)c2cccc(C(F)(F)F)c2)[nH]c2cc(Cl)ccc12. The van der Waals surface area contributed by atoms with Crippen LogP contribution in [0.5, 0.6) is 0 Å². The van der Waals surface area contributed by atoms with E-state index in [0.29, 0.717) is 15.9 Å². The number of alkyl halides is 3. The highest BCUT2D eigenvalue weighted by Crippen LogP contribution is 2.32. The van der Waals surface area contributed by atoms with Crippen molar-refractivity contribution in [1.82, 2.24) is 4.98 Å². The van der Waals surface area contributed by atoms with Gasteiger partial charge in [-0.2, -0.15) is 13.2 Å². The highest BCUT2D eigenvalue weighted by molar-refractivity contribution is 6.31. The summed E-state index contributed by atoms with van der Waals surface area (Å²) in [6, 6.07) is 9.07. The normalized spacial score (nSPS) is 11.8. The van der Waals surface area contributed by atoms with Crippen LogP contribution >= 0.6 is 11.6 Å². The number of nitrogen functional groups attached to an aromatic ring is 1. The van der Waals surface area contributed by atoms with Crippen LogP contribution in [0.2, 0.25) is 5.02 Å². The number of carbonyl (C=O) groups excluding carboxylic acids is 1. The first-order valence-corrected chi connectivity index (χ1v) is 6.94. The van der Waals surface area contributed by atoms with Crippen LogP contribution in [0.25, 0.3) is 10.9 Å². The lowest BCUT2D eigenvalue weighted by atomic mass is 10.0. The van der Waals surface area contributed by atoms with E-state index in [0.717, 1.165) is 12.1 Å². The molecule has 2 aromatic carbocycles. The minimum atomic E-state index is -4.52. The Labute approximate surface area is 133 Å². The van der Waals surface area contributed by atoms with Gasteiger partial charge in [0.05, 0.1) is 11.3 Å². The van der Waals surface area contributed by atoms with E-state index in [1.165, 1.54) is 12.1 Å². The second-order valence-electron chi connectivity index (χ2n) is 5.01. The fourth-order valence-corrected chi connectivity index (χ4v) is 2.52. The zero-order valence-electron chi connectivity index (χ0n) is 11.5. The van der Waals surface area contributed by atoms with Gasteiger partial charge in [0.2, 0.25) is 5.78 Å². The van der Waals surface area contributed by atoms with E-state index in [9.17, 15) is 18.0 Å². The average molecular weight is 339 g/mol. The third-order valence-electron chi connectivity index (χ3n) is 3.48. The lowest BCUT2D eigenvalue weighted by molar-refractivity contribution is -0.137. The molecule has 118 valence electrons. The number of halogens is 4. The third-order valence-corrected chi connectivity index (χ3v) is 3.72. The Balaban J connectivity index is 2.09. The molecule has 1 aromatic heterocycles. The first-order chi connectivity index (χ1) is 10.8. The summed E-state index contributed by atoms with van der Waals surface area (Å²) in [5, 5.41) is 1.04. The summed E-state index contributed by atoms with van der Waals surface area (Å²) in [7, 11) is 0. The standard InChI is InChI=1S/C16H10ClF3N2O/c17-10-4-5-11-12(7-10)22-14(13(11)21)15(23)8-2-1-3-9(6-8)16(18,19)20/h1-7,22H,21H2. The second kappa shape index (κ2) is 5.31. The zero-order valence-corrected chi connectivity index (χ0v) is 12.3. The van der Waals surface area contributed by atoms with Crippen LogP contribution in [-0.4, -0.2) is 10.8 Å². The van der Waals surface area contributed by atoms with Gasteiger partial charge >= 0.3 is 6.18 Å². The Morgan fingerprint density at radius 1 is 1.13 bits per heavy atom. The number of nitrogens with two attached hydrogens (primary N) is 1. The van der Waals surface area contributed by atoms with Crippen molar-refractivity contribution in [3.8, 4) is 0 Å². The summed E-state index contributed by atoms with van der Waals surface area (Å²) in [4.78, 5) is 15.3. The molecule has 0 bridgehead atoms. The van der Waals surface area contributed by atoms with Gasteiger partial charge in [0.15, 0.2) is 0 Å². The van der Waals surface area contributed by atoms with Gasteiger partial charge in [0, 0.05) is 21.5 Å². The number of fused-ring (bicyclic) bond motifs is 1. The molecule has 0 aliphatic rings. The molecule has 1 heterocycles. The lowest BCUT2D eigenvalue weighted by Crippen LogP contribution is -2.09. The molecule has 0 saturated heterocycles. The van der Waals surface area contributed by atoms with Crippen LogP contribution in [0.3, 0.4) is 0 Å². The van der Waals surface area contributed by atoms with Gasteiger partial charge in [-0.3, -0.25) is 4.79 Å². The van der Waals surface area contributed by atoms with Crippen molar-refractivity contribution in [3.05, 3.63) is 64.3 Å². The van der Waals surface area contributed by atoms with E-state index in [1.807, 2.05) is 0 Å². The Bertz CT molecular complexity index is 915. The molecule has 0 amide bonds. The molecule has 3 aromatic rings. The fraction of sp³-hybridized carbons (Fsp3) is 0.0625. The van der Waals surface area contributed by atoms with Crippen molar-refractivity contribution in [2.75, 3.05) is 5.73 Å². The molecule has 0 fully saturated rings. The number of anilines is 1. The summed E-state index contributed by atoms with van der Waals surface area (Å²) in [5.74, 6) is -0.610. The van der Waals surface area contributed by atoms with Crippen molar-refractivity contribution < 1.29 is 18.0 Å². The number of nitrogens with one attached hydrogen (secondary N) is 1. The van der Waals surface area contributed by atoms with Gasteiger partial charge < -0.3 is 10.7 Å². The number of hydrogen-bond acceptors (Lipinski definition) is 2. The zero-order chi connectivity index (χ0) is 16.8. The largest absolute Gasteiger partial charge is 0.416 e. The number of aromatic amines is 1. The van der Waals surface area contributed by atoms with Gasteiger partial charge in [0.25, 0.3) is 0 Å². The van der Waals surface area contributed by atoms with E-state index in [1.54, 1.807) is 18.2 Å². The molecule has 0 unspecified atom stereocenters. The van der Waals surface area contributed by atoms with Crippen LogP contribution in [-0.2, 0) is 6.18 Å². The first-order valence-electron chi connectivity index (χ1n) is 6.56. The molecule has 3 nitrogen and oxygen atoms in total. The molecule has 23 heavy (non-hydrogen) atoms. The quantitative estimate of drug-likeness (QED) is 0.668. The molecule has 0 spiro atoms. The van der Waals surface area contributed by atoms with Crippen molar-refractivity contribution in [3.63, 3.8) is 0 Å². The molecule has 0 atom stereocenters. The number of hydrogen-bond donors (Lipinski definition) is 2. The number of aromatic nitrogens is 1. The molecule has 0 saturated carbocycles. The van der Waals surface area contributed by atoms with Gasteiger partial charge in [-0.05, 0) is 30.3 Å². The number of rotatable bonds is 2. The maximum Gasteiger partial charge on any atom is 0.416 e. The topological polar surface area (TPSA) is 58.9 Å². The summed E-state index contributed by atoms with van der Waals surface area (Å²) >= 11 is 5.88. The van der Waals surface area contributed by atoms with E-state index in [-0.39, 0.29) is 16.9 Å². The number of benzene rings is 2. The highest BCUT2D eigenvalue weighted by atomic mass is 35.5. The summed E-state index contributed by atoms with van der Waals surface area (Å²) in [6.07, 6.45) is -4.52. The monoisotopic (exact) mass is 338 g/mol. The predicted molar refractivity (Wildman–Crippen MR) is 82.6 cm³/mol. The minimum Gasteiger partial charge on any atom is -0.396 e. The number of H-pyrrole nitrogens is 1. The summed E-state index contributed by atoms with van der Waals surface area (Å²) in [6.45, 7) is 0. The van der Waals surface area contributed by atoms with Gasteiger partial charge in [-0.1, -0.05) is 23.7 Å². The molecular weight excluding hydrogens is 329 g/mol. The molecule has 3 N–H and O–H groups in total. The van der Waals surface area contributed by atoms with E-state index in [2.05, 4.69) is 4.98 Å². The second-order valence-corrected chi connectivity index (χ2v) is 5.45. The molecule has 3 rings (SSSR count). The third kappa shape index (κ3) is 2.77. The Hall–Kier alpha value is -2.47. The Morgan fingerprint density at radius 2 is 1.87 bits per heavy atom. The van der Waals surface area contributed by atoms with Crippen LogP contribution < -0.4 is 5.73 Å².